The van der Waals surface area contributed by atoms with Crippen LogP contribution in [-0.4, -0.2) is 20.6 Å². The Morgan fingerprint density at radius 2 is 2.44 bits per heavy atom. The van der Waals surface area contributed by atoms with Crippen LogP contribution in [0.4, 0.5) is 0 Å². The van der Waals surface area contributed by atoms with Crippen LogP contribution in [0.15, 0.2) is 18.2 Å². The van der Waals surface area contributed by atoms with E-state index in [9.17, 15) is 0 Å². The van der Waals surface area contributed by atoms with Gasteiger partial charge in [0.1, 0.15) is 12.4 Å². The van der Waals surface area contributed by atoms with E-state index in [0.717, 1.165) is 17.1 Å². The van der Waals surface area contributed by atoms with Gasteiger partial charge in [-0.25, -0.2) is 0 Å². The van der Waals surface area contributed by atoms with Gasteiger partial charge in [0.05, 0.1) is 0 Å². The highest BCUT2D eigenvalue weighted by molar-refractivity contribution is 5.40. The number of rotatable bonds is 3. The van der Waals surface area contributed by atoms with Gasteiger partial charge in [0, 0.05) is 5.56 Å². The molecule has 82 valence electrons. The summed E-state index contributed by atoms with van der Waals surface area (Å²) in [5.41, 5.74) is 0.964. The molecule has 1 aliphatic heterocycles. The molecule has 16 heavy (non-hydrogen) atoms. The van der Waals surface area contributed by atoms with Crippen LogP contribution >= 0.6 is 0 Å². The molecule has 1 aliphatic rings. The molecule has 0 saturated carbocycles. The average Bonchev–Trinajstić information content (AvgIpc) is 2.97. The summed E-state index contributed by atoms with van der Waals surface area (Å²) in [6.07, 6.45) is 0. The van der Waals surface area contributed by atoms with E-state index in [1.165, 1.54) is 0 Å². The Balaban J connectivity index is 1.71. The monoisotopic (exact) mass is 220 g/mol. The molecular formula is C9H8N4O3. The lowest BCUT2D eigenvalue weighted by Gasteiger charge is -2.03. The first-order valence-corrected chi connectivity index (χ1v) is 4.69. The first kappa shape index (κ1) is 9.10. The Morgan fingerprint density at radius 1 is 1.44 bits per heavy atom. The van der Waals surface area contributed by atoms with Gasteiger partial charge < -0.3 is 9.62 Å². The number of tetrazole rings is 1. The molecule has 1 N–H and O–H groups in total. The van der Waals surface area contributed by atoms with Crippen LogP contribution in [-0.2, 0) is 18.1 Å². The fourth-order valence-corrected chi connectivity index (χ4v) is 1.39. The summed E-state index contributed by atoms with van der Waals surface area (Å²) in [7, 11) is 0. The second-order valence-electron chi connectivity index (χ2n) is 3.23. The second kappa shape index (κ2) is 3.78. The third-order valence-electron chi connectivity index (χ3n) is 2.15. The lowest BCUT2D eigenvalue weighted by molar-refractivity contribution is -0.194. The number of hydrogen-bond donors (Lipinski definition) is 1. The van der Waals surface area contributed by atoms with Gasteiger partial charge in [-0.05, 0) is 18.2 Å². The fraction of sp³-hybridized carbons (Fsp3) is 0.222. The number of aromatic amines is 1. The van der Waals surface area contributed by atoms with Crippen molar-refractivity contribution in [3.8, 4) is 11.5 Å². The largest absolute Gasteiger partial charge is 0.485 e. The summed E-state index contributed by atoms with van der Waals surface area (Å²) in [5, 5.41) is 13.4. The molecule has 0 saturated heterocycles. The van der Waals surface area contributed by atoms with Gasteiger partial charge in [-0.1, -0.05) is 5.21 Å². The molecular weight excluding hydrogens is 212 g/mol. The SMILES string of the molecule is c1cc2c(cc1OCc1nn[nH]n1)COO2. The van der Waals surface area contributed by atoms with Crippen LogP contribution in [0, 0.1) is 0 Å². The predicted octanol–water partition coefficient (Wildman–Crippen LogP) is 0.603. The highest BCUT2D eigenvalue weighted by Crippen LogP contribution is 2.29. The van der Waals surface area contributed by atoms with Gasteiger partial charge in [0.25, 0.3) is 0 Å². The minimum Gasteiger partial charge on any atom is -0.485 e. The summed E-state index contributed by atoms with van der Waals surface area (Å²) < 4.78 is 5.48. The Bertz CT molecular complexity index is 486. The molecule has 0 radical (unpaired) electrons. The van der Waals surface area contributed by atoms with Crippen LogP contribution in [0.25, 0.3) is 0 Å². The van der Waals surface area contributed by atoms with Crippen molar-refractivity contribution in [2.75, 3.05) is 0 Å². The average molecular weight is 220 g/mol. The molecule has 0 amide bonds. The number of benzene rings is 1. The van der Waals surface area contributed by atoms with Gasteiger partial charge in [0.2, 0.25) is 5.82 Å². The summed E-state index contributed by atoms with van der Waals surface area (Å²) in [6, 6.07) is 5.46. The van der Waals surface area contributed by atoms with Gasteiger partial charge in [-0.3, -0.25) is 0 Å². The van der Waals surface area contributed by atoms with E-state index < -0.39 is 0 Å². The van der Waals surface area contributed by atoms with E-state index in [1.54, 1.807) is 12.1 Å². The van der Waals surface area contributed by atoms with Crippen LogP contribution in [0.5, 0.6) is 11.5 Å². The van der Waals surface area contributed by atoms with Crippen LogP contribution < -0.4 is 9.62 Å². The molecule has 0 atom stereocenters. The molecule has 0 spiro atoms. The number of nitrogens with zero attached hydrogens (tertiary/aromatic N) is 3. The standard InChI is InChI=1S/C9H8N4O3/c1-2-8-6(4-15-16-8)3-7(1)14-5-9-10-12-13-11-9/h1-3H,4-5H2,(H,10,11,12,13). The zero-order chi connectivity index (χ0) is 10.8. The Morgan fingerprint density at radius 3 is 3.31 bits per heavy atom. The van der Waals surface area contributed by atoms with Gasteiger partial charge in [0.15, 0.2) is 12.4 Å². The topological polar surface area (TPSA) is 82.2 Å². The lowest BCUT2D eigenvalue weighted by Crippen LogP contribution is -1.98. The Kier molecular flexibility index (Phi) is 2.15. The maximum atomic E-state index is 5.48. The first-order valence-electron chi connectivity index (χ1n) is 4.69. The second-order valence-corrected chi connectivity index (χ2v) is 3.23. The maximum Gasteiger partial charge on any atom is 0.211 e. The minimum atomic E-state index is 0.275. The normalized spacial score (nSPS) is 13.2. The maximum absolute atomic E-state index is 5.48. The highest BCUT2D eigenvalue weighted by atomic mass is 17.2. The van der Waals surface area contributed by atoms with E-state index >= 15 is 0 Å². The summed E-state index contributed by atoms with van der Waals surface area (Å²) in [6.45, 7) is 0.714. The van der Waals surface area contributed by atoms with Crippen molar-refractivity contribution >= 4 is 0 Å². The number of H-pyrrole nitrogens is 1. The predicted molar refractivity (Wildman–Crippen MR) is 50.4 cm³/mol. The van der Waals surface area contributed by atoms with Crippen molar-refractivity contribution in [3.63, 3.8) is 0 Å². The van der Waals surface area contributed by atoms with Gasteiger partial charge in [-0.15, -0.1) is 10.2 Å². The molecule has 7 heteroatoms. The van der Waals surface area contributed by atoms with Crippen LogP contribution in [0.1, 0.15) is 11.4 Å². The molecule has 0 aliphatic carbocycles. The third-order valence-corrected chi connectivity index (χ3v) is 2.15. The molecule has 1 aromatic heterocycles. The number of nitrogens with one attached hydrogen (secondary N) is 1. The zero-order valence-electron chi connectivity index (χ0n) is 8.21. The van der Waals surface area contributed by atoms with E-state index in [1.807, 2.05) is 6.07 Å². The van der Waals surface area contributed by atoms with Crippen molar-refractivity contribution in [3.05, 3.63) is 29.6 Å². The zero-order valence-corrected chi connectivity index (χ0v) is 8.21. The van der Waals surface area contributed by atoms with Crippen molar-refractivity contribution in [2.24, 2.45) is 0 Å². The fourth-order valence-electron chi connectivity index (χ4n) is 1.39. The van der Waals surface area contributed by atoms with Crippen LogP contribution in [0.3, 0.4) is 0 Å². The van der Waals surface area contributed by atoms with E-state index in [-0.39, 0.29) is 6.61 Å². The van der Waals surface area contributed by atoms with Crippen molar-refractivity contribution in [2.45, 2.75) is 13.2 Å². The first-order chi connectivity index (χ1) is 7.92. The molecule has 1 aromatic carbocycles. The number of ether oxygens (including phenoxy) is 1. The van der Waals surface area contributed by atoms with Gasteiger partial charge in [-0.2, -0.15) is 10.1 Å². The molecule has 7 nitrogen and oxygen atoms in total. The Labute approximate surface area is 90.3 Å². The number of hydrogen-bond acceptors (Lipinski definition) is 6. The van der Waals surface area contributed by atoms with Gasteiger partial charge >= 0.3 is 0 Å². The minimum absolute atomic E-state index is 0.275. The summed E-state index contributed by atoms with van der Waals surface area (Å²) in [5.74, 6) is 1.96. The van der Waals surface area contributed by atoms with E-state index in [2.05, 4.69) is 20.6 Å². The van der Waals surface area contributed by atoms with E-state index in [4.69, 9.17) is 14.5 Å². The van der Waals surface area contributed by atoms with Crippen LogP contribution in [0.2, 0.25) is 0 Å². The quantitative estimate of drug-likeness (QED) is 0.763. The highest BCUT2D eigenvalue weighted by Gasteiger charge is 2.14. The lowest BCUT2D eigenvalue weighted by atomic mass is 10.2. The molecule has 0 fully saturated rings. The molecule has 2 aromatic rings. The molecule has 2 heterocycles. The number of fused-ring (bicyclic) bond motifs is 1. The van der Waals surface area contributed by atoms with Crippen molar-refractivity contribution < 1.29 is 14.5 Å². The number of aromatic nitrogens is 4. The summed E-state index contributed by atoms with van der Waals surface area (Å²) >= 11 is 0. The molecule has 3 rings (SSSR count). The molecule has 0 bridgehead atoms. The van der Waals surface area contributed by atoms with Crippen molar-refractivity contribution in [1.29, 1.82) is 0 Å². The summed E-state index contributed by atoms with van der Waals surface area (Å²) in [4.78, 5) is 9.73. The Hall–Kier alpha value is -2.15. The van der Waals surface area contributed by atoms with E-state index in [0.29, 0.717) is 12.4 Å². The third kappa shape index (κ3) is 1.68. The van der Waals surface area contributed by atoms with Crippen molar-refractivity contribution in [1.82, 2.24) is 20.6 Å². The smallest absolute Gasteiger partial charge is 0.211 e. The molecule has 0 unspecified atom stereocenters.